The lowest BCUT2D eigenvalue weighted by molar-refractivity contribution is 0.656. The Morgan fingerprint density at radius 1 is 0.286 bits per heavy atom. The highest BCUT2D eigenvalue weighted by atomic mass is 15.2. The number of hydrogen-bond acceptors (Lipinski definition) is 2. The van der Waals surface area contributed by atoms with Crippen molar-refractivity contribution in [1.29, 1.82) is 0 Å². The van der Waals surface area contributed by atoms with E-state index < -0.39 is 16.2 Å². The molecule has 9 aliphatic rings. The van der Waals surface area contributed by atoms with Crippen molar-refractivity contribution in [2.45, 2.75) is 81.5 Å². The van der Waals surface area contributed by atoms with Crippen LogP contribution in [0.4, 0.5) is 34.1 Å². The van der Waals surface area contributed by atoms with Crippen LogP contribution in [0, 0.1) is 0 Å². The topological polar surface area (TPSA) is 6.48 Å². The van der Waals surface area contributed by atoms with Crippen molar-refractivity contribution in [3.63, 3.8) is 0 Å². The van der Waals surface area contributed by atoms with Gasteiger partial charge in [0.2, 0.25) is 0 Å². The number of anilines is 6. The third-order valence-electron chi connectivity index (χ3n) is 24.1. The van der Waals surface area contributed by atoms with Crippen molar-refractivity contribution in [2.75, 3.05) is 9.80 Å². The Morgan fingerprint density at radius 2 is 0.703 bits per heavy atom. The lowest BCUT2D eigenvalue weighted by atomic mass is 9.65. The summed E-state index contributed by atoms with van der Waals surface area (Å²) in [5, 5.41) is 0. The van der Waals surface area contributed by atoms with Crippen LogP contribution >= 0.6 is 0 Å². The predicted molar refractivity (Wildman–Crippen MR) is 375 cm³/mol. The summed E-state index contributed by atoms with van der Waals surface area (Å²) < 4.78 is 0. The van der Waals surface area contributed by atoms with Gasteiger partial charge >= 0.3 is 0 Å². The number of fused-ring (bicyclic) bond motifs is 26. The molecule has 3 unspecified atom stereocenters. The van der Waals surface area contributed by atoms with E-state index in [2.05, 4.69) is 306 Å². The molecule has 12 aromatic rings. The molecule has 2 nitrogen and oxygen atoms in total. The summed E-state index contributed by atoms with van der Waals surface area (Å²) in [4.78, 5) is 5.31. The molecule has 1 spiro atoms. The summed E-state index contributed by atoms with van der Waals surface area (Å²) in [6.45, 7) is 14.9. The van der Waals surface area contributed by atoms with Crippen LogP contribution in [-0.2, 0) is 27.1 Å². The standard InChI is InChI=1S/C89H64N2/c1-85(2)69-29-13-7-21-59(69)63-40-37-52(46-77(63)85)90-53-38-41-65-61-23-9-16-32-72(61)88(6,79(65)47-53)81-50-57(49-80-83(81)67-25-11-14-30-70(67)86(80,3)4)91-54-39-42-64-60-22-8-15-31-71(60)87(5,78(64)48-54)75-35-20-36-76-82(75)68-26-12-18-34-74(68)89(76)73-33-17-10-24-62(73)66-28-19-27-58(84(66)89)51-43-55(90)45-56(91)44-51/h7-17,19-33,35-50H,18,34H2,1-6H3. The maximum absolute atomic E-state index is 2.68. The fraction of sp³-hybridized carbons (Fsp3) is 0.146. The van der Waals surface area contributed by atoms with Crippen LogP contribution in [-0.4, -0.2) is 0 Å². The molecule has 0 amide bonds. The molecule has 91 heavy (non-hydrogen) atoms. The summed E-state index contributed by atoms with van der Waals surface area (Å²) >= 11 is 0. The van der Waals surface area contributed by atoms with Crippen molar-refractivity contribution in [1.82, 2.24) is 0 Å². The first-order chi connectivity index (χ1) is 44.4. The fourth-order valence-corrected chi connectivity index (χ4v) is 20.1. The highest BCUT2D eigenvalue weighted by Gasteiger charge is 2.57. The molecule has 21 rings (SSSR count). The molecule has 2 heterocycles. The Balaban J connectivity index is 0.962. The van der Waals surface area contributed by atoms with Gasteiger partial charge in [-0.25, -0.2) is 0 Å². The molecule has 0 radical (unpaired) electrons. The number of allylic oxidation sites excluding steroid dienone is 4. The molecular weight excluding hydrogens is 1100 g/mol. The molecule has 0 N–H and O–H groups in total. The zero-order chi connectivity index (χ0) is 60.4. The lowest BCUT2D eigenvalue weighted by Crippen LogP contribution is -2.30. The van der Waals surface area contributed by atoms with E-state index in [1.165, 1.54) is 156 Å². The van der Waals surface area contributed by atoms with Crippen LogP contribution in [0.2, 0.25) is 0 Å². The van der Waals surface area contributed by atoms with Crippen molar-refractivity contribution in [2.24, 2.45) is 0 Å². The van der Waals surface area contributed by atoms with E-state index in [1.54, 1.807) is 0 Å². The molecule has 7 aliphatic carbocycles. The molecule has 13 bridgehead atoms. The molecule has 0 saturated carbocycles. The van der Waals surface area contributed by atoms with E-state index >= 15 is 0 Å². The zero-order valence-corrected chi connectivity index (χ0v) is 52.1. The van der Waals surface area contributed by atoms with Crippen LogP contribution in [0.15, 0.2) is 260 Å². The van der Waals surface area contributed by atoms with Crippen molar-refractivity contribution in [3.8, 4) is 66.8 Å². The van der Waals surface area contributed by atoms with Gasteiger partial charge in [-0.15, -0.1) is 0 Å². The molecule has 0 saturated heterocycles. The molecule has 0 aromatic heterocycles. The van der Waals surface area contributed by atoms with E-state index in [1.807, 2.05) is 0 Å². The first kappa shape index (κ1) is 50.6. The van der Waals surface area contributed by atoms with Crippen LogP contribution in [0.3, 0.4) is 0 Å². The van der Waals surface area contributed by atoms with Gasteiger partial charge in [0.25, 0.3) is 0 Å². The Morgan fingerprint density at radius 3 is 1.35 bits per heavy atom. The second-order valence-corrected chi connectivity index (χ2v) is 28.8. The number of rotatable bonds is 1. The molecule has 430 valence electrons. The number of hydrogen-bond donors (Lipinski definition) is 0. The van der Waals surface area contributed by atoms with Crippen molar-refractivity contribution >= 4 is 39.7 Å². The summed E-state index contributed by atoms with van der Waals surface area (Å²) in [7, 11) is 0. The highest BCUT2D eigenvalue weighted by molar-refractivity contribution is 6.04. The van der Waals surface area contributed by atoms with Crippen molar-refractivity contribution < 1.29 is 0 Å². The lowest BCUT2D eigenvalue weighted by Gasteiger charge is -2.38. The van der Waals surface area contributed by atoms with Crippen LogP contribution < -0.4 is 9.80 Å². The highest BCUT2D eigenvalue weighted by Crippen LogP contribution is 2.69. The van der Waals surface area contributed by atoms with Gasteiger partial charge in [-0.1, -0.05) is 216 Å². The van der Waals surface area contributed by atoms with Gasteiger partial charge in [0.15, 0.2) is 0 Å². The minimum absolute atomic E-state index is 0.219. The van der Waals surface area contributed by atoms with E-state index in [0.717, 1.165) is 47.0 Å². The molecule has 2 aliphatic heterocycles. The van der Waals surface area contributed by atoms with Crippen LogP contribution in [0.1, 0.15) is 132 Å². The van der Waals surface area contributed by atoms with Gasteiger partial charge in [0, 0.05) is 55.8 Å². The Bertz CT molecular complexity index is 5490. The Labute approximate surface area is 532 Å². The first-order valence-electron chi connectivity index (χ1n) is 33.0. The normalized spacial score (nSPS) is 20.9. The van der Waals surface area contributed by atoms with Gasteiger partial charge in [-0.3, -0.25) is 0 Å². The maximum Gasteiger partial charge on any atom is 0.0694 e. The minimum atomic E-state index is -0.568. The van der Waals surface area contributed by atoms with Gasteiger partial charge in [-0.05, 0) is 249 Å². The summed E-state index contributed by atoms with van der Waals surface area (Å²) in [6, 6.07) is 96.5. The molecular formula is C89H64N2. The molecule has 12 aromatic carbocycles. The average Bonchev–Trinajstić information content (AvgIpc) is 1.51. The second-order valence-electron chi connectivity index (χ2n) is 28.8. The molecule has 2 heteroatoms. The largest absolute Gasteiger partial charge is 0.310 e. The zero-order valence-electron chi connectivity index (χ0n) is 52.1. The Kier molecular flexibility index (Phi) is 9.31. The van der Waals surface area contributed by atoms with E-state index in [9.17, 15) is 0 Å². The van der Waals surface area contributed by atoms with Crippen LogP contribution in [0.25, 0.3) is 72.3 Å². The quantitative estimate of drug-likeness (QED) is 0.162. The van der Waals surface area contributed by atoms with Gasteiger partial charge < -0.3 is 9.80 Å². The monoisotopic (exact) mass is 1160 g/mol. The smallest absolute Gasteiger partial charge is 0.0694 e. The maximum atomic E-state index is 2.68. The third kappa shape index (κ3) is 5.86. The number of nitrogens with zero attached hydrogens (tertiary/aromatic N) is 2. The summed E-state index contributed by atoms with van der Waals surface area (Å²) in [5.74, 6) is 0. The van der Waals surface area contributed by atoms with Gasteiger partial charge in [-0.2, -0.15) is 0 Å². The molecule has 3 atom stereocenters. The average molecular weight is 1160 g/mol. The van der Waals surface area contributed by atoms with E-state index in [4.69, 9.17) is 0 Å². The second kappa shape index (κ2) is 16.8. The first-order valence-corrected chi connectivity index (χ1v) is 33.0. The van der Waals surface area contributed by atoms with Crippen LogP contribution in [0.5, 0.6) is 0 Å². The van der Waals surface area contributed by atoms with Crippen molar-refractivity contribution in [3.05, 3.63) is 338 Å². The predicted octanol–water partition coefficient (Wildman–Crippen LogP) is 22.6. The van der Waals surface area contributed by atoms with E-state index in [-0.39, 0.29) is 10.8 Å². The summed E-state index contributed by atoms with van der Waals surface area (Å²) in [6.07, 6.45) is 6.94. The van der Waals surface area contributed by atoms with Gasteiger partial charge in [0.05, 0.1) is 5.41 Å². The number of benzene rings is 12. The van der Waals surface area contributed by atoms with Gasteiger partial charge in [0.1, 0.15) is 0 Å². The summed E-state index contributed by atoms with van der Waals surface area (Å²) in [5.41, 5.74) is 42.3. The fourth-order valence-electron chi connectivity index (χ4n) is 20.1. The van der Waals surface area contributed by atoms with E-state index in [0.29, 0.717) is 0 Å². The SMILES string of the molecule is CC1(C)c2ccccc2-c2ccc(N3c4cc5cc(c4)N(c4ccc6c(c4)C(C)(c4ccccc4-6)c4cccc6c4C4=C(CCC=C4)C64c6ccccc6-c6cccc-5c64)c4cc5c(c(c4)C4(C)c6ccccc6-c6ccc3cc64)-c3ccccc3C5(C)C)cc21. The molecule has 0 fully saturated rings. The Hall–Kier alpha value is -10.3. The minimum Gasteiger partial charge on any atom is -0.310 e. The third-order valence-corrected chi connectivity index (χ3v) is 24.1.